The van der Waals surface area contributed by atoms with Crippen LogP contribution in [-0.4, -0.2) is 36.6 Å². The predicted octanol–water partition coefficient (Wildman–Crippen LogP) is 3.58. The van der Waals surface area contributed by atoms with E-state index < -0.39 is 0 Å². The molecule has 134 valence electrons. The number of aromatic amines is 1. The van der Waals surface area contributed by atoms with Crippen LogP contribution in [0.15, 0.2) is 17.0 Å². The molecule has 1 aliphatic rings. The van der Waals surface area contributed by atoms with Gasteiger partial charge in [-0.15, -0.1) is 11.8 Å². The highest BCUT2D eigenvalue weighted by Crippen LogP contribution is 2.45. The number of carbonyl (C=O) groups is 1. The Labute approximate surface area is 151 Å². The predicted molar refractivity (Wildman–Crippen MR) is 99.0 cm³/mol. The molecular formula is C18H23N3O3S. The lowest BCUT2D eigenvalue weighted by atomic mass is 9.84. The number of aryl methyl sites for hydroxylation is 1. The van der Waals surface area contributed by atoms with Crippen LogP contribution in [0.3, 0.4) is 0 Å². The second kappa shape index (κ2) is 7.39. The monoisotopic (exact) mass is 361 g/mol. The van der Waals surface area contributed by atoms with Crippen LogP contribution in [0.5, 0.6) is 11.5 Å². The summed E-state index contributed by atoms with van der Waals surface area (Å²) in [6.45, 7) is 2.13. The Morgan fingerprint density at radius 1 is 1.28 bits per heavy atom. The van der Waals surface area contributed by atoms with Gasteiger partial charge in [-0.25, -0.2) is 0 Å². The molecule has 6 nitrogen and oxygen atoms in total. The Bertz CT molecular complexity index is 788. The SMILES string of the molecule is CCCc1[nH]nc2c1C(c1cc(OC)c(SC)cc1OC)CC(=O)N2. The summed E-state index contributed by atoms with van der Waals surface area (Å²) in [6.07, 6.45) is 4.25. The van der Waals surface area contributed by atoms with Gasteiger partial charge in [0.05, 0.1) is 19.1 Å². The number of ether oxygens (including phenoxy) is 2. The van der Waals surface area contributed by atoms with Crippen molar-refractivity contribution in [1.82, 2.24) is 10.2 Å². The number of anilines is 1. The quantitative estimate of drug-likeness (QED) is 0.769. The number of rotatable bonds is 6. The molecule has 0 spiro atoms. The minimum Gasteiger partial charge on any atom is -0.496 e. The van der Waals surface area contributed by atoms with E-state index in [-0.39, 0.29) is 11.8 Å². The van der Waals surface area contributed by atoms with Crippen molar-refractivity contribution < 1.29 is 14.3 Å². The van der Waals surface area contributed by atoms with Crippen molar-refractivity contribution in [3.05, 3.63) is 29.0 Å². The van der Waals surface area contributed by atoms with E-state index >= 15 is 0 Å². The van der Waals surface area contributed by atoms with Gasteiger partial charge in [-0.05, 0) is 24.8 Å². The zero-order chi connectivity index (χ0) is 18.0. The summed E-state index contributed by atoms with van der Waals surface area (Å²) in [5.41, 5.74) is 3.07. The molecule has 1 aliphatic heterocycles. The number of H-pyrrole nitrogens is 1. The zero-order valence-corrected chi connectivity index (χ0v) is 15.8. The summed E-state index contributed by atoms with van der Waals surface area (Å²) in [5.74, 6) is 2.03. The van der Waals surface area contributed by atoms with Gasteiger partial charge in [0, 0.05) is 29.2 Å². The Balaban J connectivity index is 2.16. The average Bonchev–Trinajstić information content (AvgIpc) is 3.02. The number of methoxy groups -OCH3 is 2. The first-order chi connectivity index (χ1) is 12.1. The molecule has 1 aromatic carbocycles. The second-order valence-corrected chi connectivity index (χ2v) is 6.82. The van der Waals surface area contributed by atoms with Crippen LogP contribution in [0.25, 0.3) is 0 Å². The van der Waals surface area contributed by atoms with Crippen LogP contribution in [0.1, 0.15) is 42.5 Å². The van der Waals surface area contributed by atoms with Crippen LogP contribution >= 0.6 is 11.8 Å². The van der Waals surface area contributed by atoms with E-state index in [9.17, 15) is 4.79 Å². The fourth-order valence-corrected chi connectivity index (χ4v) is 3.93. The fraction of sp³-hybridized carbons (Fsp3) is 0.444. The first kappa shape index (κ1) is 17.7. The topological polar surface area (TPSA) is 76.2 Å². The van der Waals surface area contributed by atoms with Gasteiger partial charge in [-0.2, -0.15) is 5.10 Å². The van der Waals surface area contributed by atoms with Gasteiger partial charge in [0.15, 0.2) is 5.82 Å². The minimum atomic E-state index is -0.108. The summed E-state index contributed by atoms with van der Waals surface area (Å²) in [4.78, 5) is 13.2. The van der Waals surface area contributed by atoms with Crippen molar-refractivity contribution >= 4 is 23.5 Å². The molecular weight excluding hydrogens is 338 g/mol. The lowest BCUT2D eigenvalue weighted by molar-refractivity contribution is -0.116. The maximum Gasteiger partial charge on any atom is 0.226 e. The molecule has 2 N–H and O–H groups in total. The van der Waals surface area contributed by atoms with E-state index in [0.717, 1.165) is 46.1 Å². The summed E-state index contributed by atoms with van der Waals surface area (Å²) in [5, 5.41) is 10.3. The summed E-state index contributed by atoms with van der Waals surface area (Å²) in [6, 6.07) is 3.96. The van der Waals surface area contributed by atoms with Crippen molar-refractivity contribution in [2.75, 3.05) is 25.8 Å². The first-order valence-electron chi connectivity index (χ1n) is 8.29. The number of nitrogens with one attached hydrogen (secondary N) is 2. The van der Waals surface area contributed by atoms with Crippen LogP contribution < -0.4 is 14.8 Å². The molecule has 2 heterocycles. The van der Waals surface area contributed by atoms with Crippen LogP contribution in [0, 0.1) is 0 Å². The van der Waals surface area contributed by atoms with Crippen molar-refractivity contribution in [3.8, 4) is 11.5 Å². The van der Waals surface area contributed by atoms with Gasteiger partial charge >= 0.3 is 0 Å². The summed E-state index contributed by atoms with van der Waals surface area (Å²) >= 11 is 1.60. The lowest BCUT2D eigenvalue weighted by Crippen LogP contribution is -2.24. The number of amides is 1. The van der Waals surface area contributed by atoms with Crippen molar-refractivity contribution in [2.45, 2.75) is 37.0 Å². The smallest absolute Gasteiger partial charge is 0.226 e. The van der Waals surface area contributed by atoms with Gasteiger partial charge < -0.3 is 14.8 Å². The normalized spacial score (nSPS) is 16.3. The third kappa shape index (κ3) is 3.20. The number of aromatic nitrogens is 2. The molecule has 0 saturated carbocycles. The molecule has 1 aromatic heterocycles. The molecule has 2 aromatic rings. The van der Waals surface area contributed by atoms with Crippen molar-refractivity contribution in [1.29, 1.82) is 0 Å². The zero-order valence-electron chi connectivity index (χ0n) is 14.9. The van der Waals surface area contributed by atoms with Crippen LogP contribution in [0.4, 0.5) is 5.82 Å². The van der Waals surface area contributed by atoms with E-state index in [2.05, 4.69) is 22.4 Å². The van der Waals surface area contributed by atoms with Gasteiger partial charge in [-0.3, -0.25) is 9.89 Å². The van der Waals surface area contributed by atoms with E-state index in [1.54, 1.807) is 26.0 Å². The molecule has 1 amide bonds. The number of carbonyl (C=O) groups excluding carboxylic acids is 1. The van der Waals surface area contributed by atoms with E-state index in [1.165, 1.54) is 0 Å². The summed E-state index contributed by atoms with van der Waals surface area (Å²) in [7, 11) is 3.31. The third-order valence-corrected chi connectivity index (χ3v) is 5.25. The van der Waals surface area contributed by atoms with Gasteiger partial charge in [-0.1, -0.05) is 13.3 Å². The highest BCUT2D eigenvalue weighted by Gasteiger charge is 2.33. The van der Waals surface area contributed by atoms with Crippen LogP contribution in [0.2, 0.25) is 0 Å². The lowest BCUT2D eigenvalue weighted by Gasteiger charge is -2.26. The Hall–Kier alpha value is -2.15. The standard InChI is InChI=1S/C18H23N3O3S/c1-5-6-12-17-11(8-16(22)19-18(17)21-20-12)10-7-14(24-3)15(25-4)9-13(10)23-2/h7,9,11H,5-6,8H2,1-4H3,(H2,19,20,21,22). The number of hydrogen-bond acceptors (Lipinski definition) is 5. The molecule has 0 saturated heterocycles. The maximum absolute atomic E-state index is 12.2. The molecule has 7 heteroatoms. The third-order valence-electron chi connectivity index (χ3n) is 4.49. The average molecular weight is 361 g/mol. The van der Waals surface area contributed by atoms with Crippen molar-refractivity contribution in [2.24, 2.45) is 0 Å². The molecule has 0 fully saturated rings. The van der Waals surface area contributed by atoms with E-state index in [1.807, 2.05) is 18.4 Å². The number of nitrogens with zero attached hydrogens (tertiary/aromatic N) is 1. The minimum absolute atomic E-state index is 0.0398. The van der Waals surface area contributed by atoms with Gasteiger partial charge in [0.1, 0.15) is 11.5 Å². The second-order valence-electron chi connectivity index (χ2n) is 5.97. The summed E-state index contributed by atoms with van der Waals surface area (Å²) < 4.78 is 11.2. The van der Waals surface area contributed by atoms with E-state index in [4.69, 9.17) is 9.47 Å². The van der Waals surface area contributed by atoms with E-state index in [0.29, 0.717) is 12.2 Å². The number of hydrogen-bond donors (Lipinski definition) is 2. The molecule has 3 rings (SSSR count). The largest absolute Gasteiger partial charge is 0.496 e. The number of thioether (sulfide) groups is 1. The van der Waals surface area contributed by atoms with Gasteiger partial charge in [0.2, 0.25) is 5.91 Å². The Morgan fingerprint density at radius 3 is 2.68 bits per heavy atom. The molecule has 1 atom stereocenters. The van der Waals surface area contributed by atoms with Gasteiger partial charge in [0.25, 0.3) is 0 Å². The highest BCUT2D eigenvalue weighted by molar-refractivity contribution is 7.98. The highest BCUT2D eigenvalue weighted by atomic mass is 32.2. The fourth-order valence-electron chi connectivity index (χ4n) is 3.36. The van der Waals surface area contributed by atoms with Crippen molar-refractivity contribution in [3.63, 3.8) is 0 Å². The molecule has 25 heavy (non-hydrogen) atoms. The van der Waals surface area contributed by atoms with Crippen LogP contribution in [-0.2, 0) is 11.2 Å². The Morgan fingerprint density at radius 2 is 2.04 bits per heavy atom. The Kier molecular flexibility index (Phi) is 5.22. The molecule has 0 radical (unpaired) electrons. The number of benzene rings is 1. The molecule has 1 unspecified atom stereocenters. The number of fused-ring (bicyclic) bond motifs is 1. The maximum atomic E-state index is 12.2. The first-order valence-corrected chi connectivity index (χ1v) is 9.52. The molecule has 0 bridgehead atoms. The molecule has 0 aliphatic carbocycles.